The van der Waals surface area contributed by atoms with Crippen molar-refractivity contribution in [3.8, 4) is 5.75 Å². The first-order chi connectivity index (χ1) is 6.69. The van der Waals surface area contributed by atoms with E-state index in [1.54, 1.807) is 7.11 Å². The molecule has 0 aliphatic heterocycles. The number of aliphatic hydroxyl groups excluding tert-OH is 1. The lowest BCUT2D eigenvalue weighted by atomic mass is 10.1. The molecule has 0 atom stereocenters. The number of halogens is 1. The van der Waals surface area contributed by atoms with Gasteiger partial charge >= 0.3 is 0 Å². The third-order valence-corrected chi connectivity index (χ3v) is 2.98. The smallest absolute Gasteiger partial charge is 0.133 e. The first kappa shape index (κ1) is 11.5. The van der Waals surface area contributed by atoms with Gasteiger partial charge in [0.05, 0.1) is 11.6 Å². The van der Waals surface area contributed by atoms with Crippen LogP contribution < -0.4 is 4.74 Å². The van der Waals surface area contributed by atoms with Crippen LogP contribution >= 0.6 is 15.9 Å². The minimum atomic E-state index is 0.225. The summed E-state index contributed by atoms with van der Waals surface area (Å²) in [7, 11) is 1.66. The highest BCUT2D eigenvalue weighted by molar-refractivity contribution is 9.10. The number of aryl methyl sites for hydroxylation is 2. The molecule has 1 aromatic carbocycles. The second-order valence-corrected chi connectivity index (χ2v) is 4.06. The fourth-order valence-electron chi connectivity index (χ4n) is 1.41. The van der Waals surface area contributed by atoms with Crippen LogP contribution in [-0.4, -0.2) is 18.8 Å². The average molecular weight is 259 g/mol. The molecule has 2 nitrogen and oxygen atoms in total. The van der Waals surface area contributed by atoms with Crippen molar-refractivity contribution < 1.29 is 9.84 Å². The van der Waals surface area contributed by atoms with Crippen LogP contribution in [0.1, 0.15) is 17.5 Å². The van der Waals surface area contributed by atoms with E-state index in [0.29, 0.717) is 0 Å². The molecule has 0 unspecified atom stereocenters. The van der Waals surface area contributed by atoms with Gasteiger partial charge in [-0.05, 0) is 52.9 Å². The highest BCUT2D eigenvalue weighted by Gasteiger charge is 2.06. The van der Waals surface area contributed by atoms with Gasteiger partial charge < -0.3 is 9.84 Å². The molecule has 0 fully saturated rings. The van der Waals surface area contributed by atoms with Crippen LogP contribution in [-0.2, 0) is 6.42 Å². The van der Waals surface area contributed by atoms with Crippen molar-refractivity contribution in [1.82, 2.24) is 0 Å². The maximum atomic E-state index is 8.77. The van der Waals surface area contributed by atoms with Crippen LogP contribution in [0.25, 0.3) is 0 Å². The predicted octanol–water partition coefficient (Wildman–Crippen LogP) is 2.69. The standard InChI is InChI=1S/C11H15BrO2/c1-8-6-9(4-3-5-13)11(12)10(7-8)14-2/h6-7,13H,3-5H2,1-2H3. The first-order valence-electron chi connectivity index (χ1n) is 4.63. The molecule has 1 N–H and O–H groups in total. The zero-order valence-corrected chi connectivity index (χ0v) is 10.1. The largest absolute Gasteiger partial charge is 0.496 e. The third-order valence-electron chi connectivity index (χ3n) is 2.08. The van der Waals surface area contributed by atoms with Gasteiger partial charge in [-0.1, -0.05) is 6.07 Å². The Kier molecular flexibility index (Phi) is 4.42. The topological polar surface area (TPSA) is 29.5 Å². The van der Waals surface area contributed by atoms with Gasteiger partial charge in [0.15, 0.2) is 0 Å². The minimum Gasteiger partial charge on any atom is -0.496 e. The Hall–Kier alpha value is -0.540. The Labute approximate surface area is 93.0 Å². The lowest BCUT2D eigenvalue weighted by molar-refractivity contribution is 0.288. The molecule has 0 saturated carbocycles. The molecule has 0 heterocycles. The van der Waals surface area contributed by atoms with Gasteiger partial charge in [0, 0.05) is 6.61 Å². The van der Waals surface area contributed by atoms with Crippen LogP contribution in [0, 0.1) is 6.92 Å². The van der Waals surface area contributed by atoms with Gasteiger partial charge in [-0.25, -0.2) is 0 Å². The Balaban J connectivity index is 2.96. The van der Waals surface area contributed by atoms with E-state index in [1.807, 2.05) is 13.0 Å². The molecule has 1 rings (SSSR count). The summed E-state index contributed by atoms with van der Waals surface area (Å²) >= 11 is 3.50. The molecule has 3 heteroatoms. The molecule has 0 spiro atoms. The summed E-state index contributed by atoms with van der Waals surface area (Å²) in [5.74, 6) is 0.859. The lowest BCUT2D eigenvalue weighted by Crippen LogP contribution is -1.95. The van der Waals surface area contributed by atoms with Crippen molar-refractivity contribution in [2.24, 2.45) is 0 Å². The van der Waals surface area contributed by atoms with Gasteiger partial charge in [-0.2, -0.15) is 0 Å². The van der Waals surface area contributed by atoms with Gasteiger partial charge in [0.1, 0.15) is 5.75 Å². The van der Waals surface area contributed by atoms with Crippen LogP contribution in [0.3, 0.4) is 0 Å². The van der Waals surface area contributed by atoms with Crippen molar-refractivity contribution in [1.29, 1.82) is 0 Å². The van der Waals surface area contributed by atoms with E-state index >= 15 is 0 Å². The Morgan fingerprint density at radius 2 is 2.14 bits per heavy atom. The normalized spacial score (nSPS) is 10.3. The van der Waals surface area contributed by atoms with Crippen LogP contribution in [0.4, 0.5) is 0 Å². The van der Waals surface area contributed by atoms with E-state index in [0.717, 1.165) is 23.1 Å². The predicted molar refractivity (Wildman–Crippen MR) is 60.8 cm³/mol. The number of hydrogen-bond acceptors (Lipinski definition) is 2. The summed E-state index contributed by atoms with van der Waals surface area (Å²) in [5, 5.41) is 8.77. The van der Waals surface area contributed by atoms with E-state index in [4.69, 9.17) is 9.84 Å². The van der Waals surface area contributed by atoms with Crippen LogP contribution in [0.5, 0.6) is 5.75 Å². The molecule has 0 amide bonds. The quantitative estimate of drug-likeness (QED) is 0.900. The molecular weight excluding hydrogens is 244 g/mol. The van der Waals surface area contributed by atoms with Gasteiger partial charge in [0.25, 0.3) is 0 Å². The number of hydrogen-bond donors (Lipinski definition) is 1. The number of rotatable bonds is 4. The second kappa shape index (κ2) is 5.37. The molecule has 0 saturated heterocycles. The van der Waals surface area contributed by atoms with E-state index < -0.39 is 0 Å². The molecule has 0 aromatic heterocycles. The monoisotopic (exact) mass is 258 g/mol. The van der Waals surface area contributed by atoms with Crippen molar-refractivity contribution >= 4 is 15.9 Å². The number of ether oxygens (including phenoxy) is 1. The Bertz CT molecular complexity index is 310. The van der Waals surface area contributed by atoms with E-state index in [2.05, 4.69) is 22.0 Å². The second-order valence-electron chi connectivity index (χ2n) is 3.27. The molecule has 1 aromatic rings. The molecule has 0 radical (unpaired) electrons. The number of aliphatic hydroxyl groups is 1. The summed E-state index contributed by atoms with van der Waals surface area (Å²) in [6, 6.07) is 4.11. The summed E-state index contributed by atoms with van der Waals surface area (Å²) in [4.78, 5) is 0. The fraction of sp³-hybridized carbons (Fsp3) is 0.455. The third kappa shape index (κ3) is 2.72. The first-order valence-corrected chi connectivity index (χ1v) is 5.42. The van der Waals surface area contributed by atoms with Gasteiger partial charge in [0.2, 0.25) is 0 Å². The maximum Gasteiger partial charge on any atom is 0.133 e. The average Bonchev–Trinajstić information content (AvgIpc) is 2.18. The Morgan fingerprint density at radius 3 is 2.71 bits per heavy atom. The molecule has 0 aliphatic rings. The molecule has 0 bridgehead atoms. The highest BCUT2D eigenvalue weighted by atomic mass is 79.9. The van der Waals surface area contributed by atoms with Crippen LogP contribution in [0.2, 0.25) is 0 Å². The maximum absolute atomic E-state index is 8.77. The molecule has 14 heavy (non-hydrogen) atoms. The summed E-state index contributed by atoms with van der Waals surface area (Å²) < 4.78 is 6.24. The van der Waals surface area contributed by atoms with Crippen molar-refractivity contribution in [2.45, 2.75) is 19.8 Å². The van der Waals surface area contributed by atoms with E-state index in [-0.39, 0.29) is 6.61 Å². The zero-order chi connectivity index (χ0) is 10.6. The van der Waals surface area contributed by atoms with Gasteiger partial charge in [-0.3, -0.25) is 0 Å². The van der Waals surface area contributed by atoms with Gasteiger partial charge in [-0.15, -0.1) is 0 Å². The number of benzene rings is 1. The Morgan fingerprint density at radius 1 is 1.43 bits per heavy atom. The summed E-state index contributed by atoms with van der Waals surface area (Å²) in [5.41, 5.74) is 2.37. The van der Waals surface area contributed by atoms with Crippen molar-refractivity contribution in [3.63, 3.8) is 0 Å². The summed E-state index contributed by atoms with van der Waals surface area (Å²) in [6.07, 6.45) is 1.65. The van der Waals surface area contributed by atoms with Crippen molar-refractivity contribution in [3.05, 3.63) is 27.7 Å². The molecular formula is C11H15BrO2. The van der Waals surface area contributed by atoms with Crippen LogP contribution in [0.15, 0.2) is 16.6 Å². The molecule has 78 valence electrons. The van der Waals surface area contributed by atoms with E-state index in [1.165, 1.54) is 11.1 Å². The minimum absolute atomic E-state index is 0.225. The zero-order valence-electron chi connectivity index (χ0n) is 8.51. The van der Waals surface area contributed by atoms with E-state index in [9.17, 15) is 0 Å². The number of methoxy groups -OCH3 is 1. The molecule has 0 aliphatic carbocycles. The fourth-order valence-corrected chi connectivity index (χ4v) is 2.00. The SMILES string of the molecule is COc1cc(C)cc(CCCO)c1Br. The lowest BCUT2D eigenvalue weighted by Gasteiger charge is -2.10. The summed E-state index contributed by atoms with van der Waals surface area (Å²) in [6.45, 7) is 2.26. The highest BCUT2D eigenvalue weighted by Crippen LogP contribution is 2.30. The van der Waals surface area contributed by atoms with Crippen molar-refractivity contribution in [2.75, 3.05) is 13.7 Å².